The summed E-state index contributed by atoms with van der Waals surface area (Å²) in [4.78, 5) is 0. The molecule has 1 saturated carbocycles. The Balaban J connectivity index is 1.98. The minimum atomic E-state index is -0.200. The maximum Gasteiger partial charge on any atom is 0.121 e. The van der Waals surface area contributed by atoms with E-state index in [1.54, 1.807) is 0 Å². The van der Waals surface area contributed by atoms with Crippen molar-refractivity contribution in [2.24, 2.45) is 5.41 Å². The molecule has 1 aliphatic carbocycles. The highest BCUT2D eigenvalue weighted by Crippen LogP contribution is 2.42. The number of ether oxygens (including phenoxy) is 1. The third kappa shape index (κ3) is 2.61. The van der Waals surface area contributed by atoms with Gasteiger partial charge in [-0.3, -0.25) is 0 Å². The van der Waals surface area contributed by atoms with Gasteiger partial charge >= 0.3 is 0 Å². The van der Waals surface area contributed by atoms with Gasteiger partial charge in [0.05, 0.1) is 12.7 Å². The third-order valence-corrected chi connectivity index (χ3v) is 3.86. The lowest BCUT2D eigenvalue weighted by Crippen LogP contribution is -2.56. The second-order valence-electron chi connectivity index (χ2n) is 5.65. The molecule has 1 fully saturated rings. The second kappa shape index (κ2) is 5.19. The fraction of sp³-hybridized carbons (Fsp3) is 0.600. The molecule has 0 bridgehead atoms. The molecule has 0 aliphatic heterocycles. The van der Waals surface area contributed by atoms with Crippen LogP contribution in [0.3, 0.4) is 0 Å². The third-order valence-electron chi connectivity index (χ3n) is 3.86. The van der Waals surface area contributed by atoms with Crippen LogP contribution in [0.5, 0.6) is 5.75 Å². The SMILES string of the molecule is CCCOc1cccc(NC2CC(O)C2(C)C)c1. The number of nitrogens with one attached hydrogen (secondary N) is 1. The Morgan fingerprint density at radius 2 is 2.22 bits per heavy atom. The summed E-state index contributed by atoms with van der Waals surface area (Å²) in [5.74, 6) is 0.902. The molecule has 2 unspecified atom stereocenters. The van der Waals surface area contributed by atoms with Gasteiger partial charge in [-0.05, 0) is 25.0 Å². The molecule has 3 nitrogen and oxygen atoms in total. The Hall–Kier alpha value is -1.22. The molecular formula is C15H23NO2. The van der Waals surface area contributed by atoms with Gasteiger partial charge in [0.2, 0.25) is 0 Å². The maximum atomic E-state index is 9.73. The van der Waals surface area contributed by atoms with Crippen LogP contribution in [-0.4, -0.2) is 23.9 Å². The Morgan fingerprint density at radius 1 is 1.44 bits per heavy atom. The number of benzene rings is 1. The first-order valence-corrected chi connectivity index (χ1v) is 6.71. The molecule has 18 heavy (non-hydrogen) atoms. The zero-order chi connectivity index (χ0) is 13.2. The summed E-state index contributed by atoms with van der Waals surface area (Å²) in [7, 11) is 0. The van der Waals surface area contributed by atoms with Crippen LogP contribution in [-0.2, 0) is 0 Å². The van der Waals surface area contributed by atoms with Crippen molar-refractivity contribution in [2.45, 2.75) is 45.8 Å². The topological polar surface area (TPSA) is 41.5 Å². The van der Waals surface area contributed by atoms with E-state index in [1.165, 1.54) is 0 Å². The van der Waals surface area contributed by atoms with Crippen LogP contribution >= 0.6 is 0 Å². The van der Waals surface area contributed by atoms with Crippen LogP contribution in [0.1, 0.15) is 33.6 Å². The zero-order valence-corrected chi connectivity index (χ0v) is 11.4. The van der Waals surface area contributed by atoms with Crippen LogP contribution in [0, 0.1) is 5.41 Å². The summed E-state index contributed by atoms with van der Waals surface area (Å²) in [5.41, 5.74) is 1.01. The molecule has 0 heterocycles. The molecule has 1 aromatic rings. The average Bonchev–Trinajstić information content (AvgIpc) is 2.36. The molecule has 2 atom stereocenters. The van der Waals surface area contributed by atoms with Crippen LogP contribution < -0.4 is 10.1 Å². The highest BCUT2D eigenvalue weighted by atomic mass is 16.5. The van der Waals surface area contributed by atoms with Crippen molar-refractivity contribution in [3.05, 3.63) is 24.3 Å². The van der Waals surface area contributed by atoms with E-state index in [2.05, 4.69) is 26.1 Å². The number of hydrogen-bond donors (Lipinski definition) is 2. The quantitative estimate of drug-likeness (QED) is 0.842. The van der Waals surface area contributed by atoms with E-state index in [4.69, 9.17) is 4.74 Å². The molecule has 0 spiro atoms. The van der Waals surface area contributed by atoms with Crippen molar-refractivity contribution >= 4 is 5.69 Å². The number of anilines is 1. The monoisotopic (exact) mass is 249 g/mol. The summed E-state index contributed by atoms with van der Waals surface area (Å²) in [6.45, 7) is 7.03. The molecule has 0 radical (unpaired) electrons. The summed E-state index contributed by atoms with van der Waals surface area (Å²) < 4.78 is 5.61. The van der Waals surface area contributed by atoms with Gasteiger partial charge in [-0.15, -0.1) is 0 Å². The van der Waals surface area contributed by atoms with Gasteiger partial charge in [0.25, 0.3) is 0 Å². The average molecular weight is 249 g/mol. The largest absolute Gasteiger partial charge is 0.494 e. The van der Waals surface area contributed by atoms with Crippen molar-refractivity contribution in [1.82, 2.24) is 0 Å². The summed E-state index contributed by atoms with van der Waals surface area (Å²) in [6, 6.07) is 8.36. The smallest absolute Gasteiger partial charge is 0.121 e. The first-order chi connectivity index (χ1) is 8.54. The van der Waals surface area contributed by atoms with Crippen LogP contribution in [0.15, 0.2) is 24.3 Å². The van der Waals surface area contributed by atoms with Gasteiger partial charge in [0.1, 0.15) is 5.75 Å². The first kappa shape index (κ1) is 13.2. The molecule has 0 amide bonds. The van der Waals surface area contributed by atoms with Gasteiger partial charge in [-0.25, -0.2) is 0 Å². The molecule has 100 valence electrons. The fourth-order valence-corrected chi connectivity index (χ4v) is 2.24. The molecule has 2 rings (SSSR count). The van der Waals surface area contributed by atoms with Crippen molar-refractivity contribution in [1.29, 1.82) is 0 Å². The number of rotatable bonds is 5. The maximum absolute atomic E-state index is 9.73. The van der Waals surface area contributed by atoms with E-state index in [-0.39, 0.29) is 11.5 Å². The molecular weight excluding hydrogens is 226 g/mol. The lowest BCUT2D eigenvalue weighted by molar-refractivity contribution is -0.0510. The van der Waals surface area contributed by atoms with E-state index in [0.29, 0.717) is 6.04 Å². The zero-order valence-electron chi connectivity index (χ0n) is 11.4. The van der Waals surface area contributed by atoms with Crippen molar-refractivity contribution < 1.29 is 9.84 Å². The van der Waals surface area contributed by atoms with Gasteiger partial charge < -0.3 is 15.2 Å². The highest BCUT2D eigenvalue weighted by Gasteiger charge is 2.47. The summed E-state index contributed by atoms with van der Waals surface area (Å²) >= 11 is 0. The first-order valence-electron chi connectivity index (χ1n) is 6.71. The molecule has 3 heteroatoms. The predicted octanol–water partition coefficient (Wildman–Crippen LogP) is 3.05. The highest BCUT2D eigenvalue weighted by molar-refractivity contribution is 5.49. The minimum Gasteiger partial charge on any atom is -0.494 e. The Morgan fingerprint density at radius 3 is 2.83 bits per heavy atom. The van der Waals surface area contributed by atoms with E-state index in [9.17, 15) is 5.11 Å². The fourth-order valence-electron chi connectivity index (χ4n) is 2.24. The molecule has 1 aromatic carbocycles. The Kier molecular flexibility index (Phi) is 3.81. The van der Waals surface area contributed by atoms with Crippen molar-refractivity contribution in [3.63, 3.8) is 0 Å². The van der Waals surface area contributed by atoms with Crippen LogP contribution in [0.25, 0.3) is 0 Å². The van der Waals surface area contributed by atoms with Gasteiger partial charge in [-0.1, -0.05) is 26.8 Å². The van der Waals surface area contributed by atoms with E-state index < -0.39 is 0 Å². The van der Waals surface area contributed by atoms with Crippen LogP contribution in [0.2, 0.25) is 0 Å². The van der Waals surface area contributed by atoms with Gasteiger partial charge in [0, 0.05) is 23.2 Å². The second-order valence-corrected chi connectivity index (χ2v) is 5.65. The summed E-state index contributed by atoms with van der Waals surface area (Å²) in [6.07, 6.45) is 1.63. The molecule has 0 aromatic heterocycles. The van der Waals surface area contributed by atoms with Crippen LogP contribution in [0.4, 0.5) is 5.69 Å². The van der Waals surface area contributed by atoms with Crippen molar-refractivity contribution in [3.8, 4) is 5.75 Å². The van der Waals surface area contributed by atoms with E-state index >= 15 is 0 Å². The number of hydrogen-bond acceptors (Lipinski definition) is 3. The van der Waals surface area contributed by atoms with E-state index in [1.807, 2.05) is 24.3 Å². The molecule has 2 N–H and O–H groups in total. The number of aliphatic hydroxyl groups excluding tert-OH is 1. The van der Waals surface area contributed by atoms with Crippen molar-refractivity contribution in [2.75, 3.05) is 11.9 Å². The predicted molar refractivity (Wildman–Crippen MR) is 74.0 cm³/mol. The molecule has 0 saturated heterocycles. The summed E-state index contributed by atoms with van der Waals surface area (Å²) in [5, 5.41) is 13.2. The minimum absolute atomic E-state index is 0.0553. The Labute approximate surface area is 109 Å². The molecule has 1 aliphatic rings. The lowest BCUT2D eigenvalue weighted by atomic mass is 9.64. The Bertz CT molecular complexity index is 403. The van der Waals surface area contributed by atoms with Gasteiger partial charge in [0.15, 0.2) is 0 Å². The lowest BCUT2D eigenvalue weighted by Gasteiger charge is -2.49. The normalized spacial score (nSPS) is 25.3. The standard InChI is InChI=1S/C15H23NO2/c1-4-8-18-12-7-5-6-11(9-12)16-13-10-14(17)15(13,2)3/h5-7,9,13-14,16-17H,4,8,10H2,1-3H3. The number of aliphatic hydroxyl groups is 1. The van der Waals surface area contributed by atoms with E-state index in [0.717, 1.165) is 30.9 Å². The van der Waals surface area contributed by atoms with Gasteiger partial charge in [-0.2, -0.15) is 0 Å².